The highest BCUT2D eigenvalue weighted by Gasteiger charge is 2.23. The SMILES string of the molecule is CC1CC(NC(=O)COc2ccccc2CN)CCN1C. The molecule has 5 nitrogen and oxygen atoms in total. The summed E-state index contributed by atoms with van der Waals surface area (Å²) in [5.74, 6) is 0.621. The quantitative estimate of drug-likeness (QED) is 0.853. The van der Waals surface area contributed by atoms with Crippen molar-refractivity contribution in [1.29, 1.82) is 0 Å². The van der Waals surface area contributed by atoms with E-state index in [4.69, 9.17) is 10.5 Å². The van der Waals surface area contributed by atoms with E-state index in [2.05, 4.69) is 24.2 Å². The van der Waals surface area contributed by atoms with E-state index in [9.17, 15) is 4.79 Å². The van der Waals surface area contributed by atoms with Crippen molar-refractivity contribution in [1.82, 2.24) is 10.2 Å². The summed E-state index contributed by atoms with van der Waals surface area (Å²) in [6.07, 6.45) is 1.98. The first-order valence-electron chi connectivity index (χ1n) is 7.50. The maximum Gasteiger partial charge on any atom is 0.258 e. The molecule has 0 saturated carbocycles. The van der Waals surface area contributed by atoms with Crippen LogP contribution in [0, 0.1) is 0 Å². The number of rotatable bonds is 5. The summed E-state index contributed by atoms with van der Waals surface area (Å²) < 4.78 is 5.58. The van der Waals surface area contributed by atoms with E-state index in [1.165, 1.54) is 0 Å². The first kappa shape index (κ1) is 15.8. The number of nitrogens with two attached hydrogens (primary N) is 1. The lowest BCUT2D eigenvalue weighted by Gasteiger charge is -2.35. The highest BCUT2D eigenvalue weighted by Crippen LogP contribution is 2.17. The minimum absolute atomic E-state index is 0.0394. The maximum absolute atomic E-state index is 12.0. The number of amides is 1. The molecule has 1 aliphatic rings. The average molecular weight is 291 g/mol. The number of nitrogens with one attached hydrogen (secondary N) is 1. The lowest BCUT2D eigenvalue weighted by Crippen LogP contribution is -2.48. The van der Waals surface area contributed by atoms with Crippen molar-refractivity contribution < 1.29 is 9.53 Å². The van der Waals surface area contributed by atoms with E-state index in [1.807, 2.05) is 24.3 Å². The third kappa shape index (κ3) is 4.44. The van der Waals surface area contributed by atoms with Gasteiger partial charge in [0.05, 0.1) is 0 Å². The largest absolute Gasteiger partial charge is 0.483 e. The number of piperidine rings is 1. The number of hydrogen-bond acceptors (Lipinski definition) is 4. The molecule has 0 radical (unpaired) electrons. The summed E-state index contributed by atoms with van der Waals surface area (Å²) in [7, 11) is 2.12. The number of carbonyl (C=O) groups excluding carboxylic acids is 1. The summed E-state index contributed by atoms with van der Waals surface area (Å²) in [4.78, 5) is 14.3. The zero-order valence-electron chi connectivity index (χ0n) is 12.8. The highest BCUT2D eigenvalue weighted by atomic mass is 16.5. The van der Waals surface area contributed by atoms with Gasteiger partial charge >= 0.3 is 0 Å². The molecule has 5 heteroatoms. The molecule has 1 aromatic carbocycles. The molecule has 1 saturated heterocycles. The molecular weight excluding hydrogens is 266 g/mol. The predicted octanol–water partition coefficient (Wildman–Crippen LogP) is 1.12. The first-order chi connectivity index (χ1) is 10.1. The average Bonchev–Trinajstić information content (AvgIpc) is 2.49. The van der Waals surface area contributed by atoms with Gasteiger partial charge in [-0.05, 0) is 32.9 Å². The molecule has 0 aromatic heterocycles. The van der Waals surface area contributed by atoms with Gasteiger partial charge in [0.15, 0.2) is 6.61 Å². The second kappa shape index (κ2) is 7.43. The molecule has 0 spiro atoms. The Bertz CT molecular complexity index is 478. The summed E-state index contributed by atoms with van der Waals surface area (Å²) in [6, 6.07) is 8.29. The maximum atomic E-state index is 12.0. The highest BCUT2D eigenvalue weighted by molar-refractivity contribution is 5.77. The molecule has 2 unspecified atom stereocenters. The summed E-state index contributed by atoms with van der Waals surface area (Å²) >= 11 is 0. The van der Waals surface area contributed by atoms with Crippen LogP contribution >= 0.6 is 0 Å². The third-order valence-corrected chi connectivity index (χ3v) is 4.12. The minimum atomic E-state index is -0.0661. The third-order valence-electron chi connectivity index (χ3n) is 4.12. The van der Waals surface area contributed by atoms with Crippen LogP contribution < -0.4 is 15.8 Å². The van der Waals surface area contributed by atoms with Gasteiger partial charge < -0.3 is 20.7 Å². The molecule has 1 aromatic rings. The van der Waals surface area contributed by atoms with Crippen molar-refractivity contribution >= 4 is 5.91 Å². The van der Waals surface area contributed by atoms with E-state index in [-0.39, 0.29) is 18.6 Å². The first-order valence-corrected chi connectivity index (χ1v) is 7.50. The molecule has 2 rings (SSSR count). The van der Waals surface area contributed by atoms with Gasteiger partial charge in [-0.15, -0.1) is 0 Å². The van der Waals surface area contributed by atoms with Gasteiger partial charge in [0.1, 0.15) is 5.75 Å². The van der Waals surface area contributed by atoms with Gasteiger partial charge in [-0.1, -0.05) is 18.2 Å². The lowest BCUT2D eigenvalue weighted by molar-refractivity contribution is -0.124. The van der Waals surface area contributed by atoms with Crippen LogP contribution in [0.4, 0.5) is 0 Å². The number of nitrogens with zero attached hydrogens (tertiary/aromatic N) is 1. The Labute approximate surface area is 126 Å². The van der Waals surface area contributed by atoms with Gasteiger partial charge in [0.2, 0.25) is 0 Å². The van der Waals surface area contributed by atoms with Crippen LogP contribution in [0.1, 0.15) is 25.3 Å². The fourth-order valence-electron chi connectivity index (χ4n) is 2.65. The number of likely N-dealkylation sites (tertiary alicyclic amines) is 1. The van der Waals surface area contributed by atoms with Crippen LogP contribution in [-0.4, -0.2) is 43.1 Å². The number of hydrogen-bond donors (Lipinski definition) is 2. The lowest BCUT2D eigenvalue weighted by atomic mass is 9.99. The van der Waals surface area contributed by atoms with Gasteiger partial charge in [0, 0.05) is 30.7 Å². The monoisotopic (exact) mass is 291 g/mol. The molecule has 0 bridgehead atoms. The standard InChI is InChI=1S/C16H25N3O2/c1-12-9-14(7-8-19(12)2)18-16(20)11-21-15-6-4-3-5-13(15)10-17/h3-6,12,14H,7-11,17H2,1-2H3,(H,18,20). The van der Waals surface area contributed by atoms with Gasteiger partial charge in [-0.3, -0.25) is 4.79 Å². The number of benzene rings is 1. The Morgan fingerprint density at radius 2 is 2.24 bits per heavy atom. The van der Waals surface area contributed by atoms with Crippen molar-refractivity contribution in [3.8, 4) is 5.75 Å². The van der Waals surface area contributed by atoms with Crippen molar-refractivity contribution in [2.24, 2.45) is 5.73 Å². The Kier molecular flexibility index (Phi) is 5.59. The normalized spacial score (nSPS) is 22.8. The summed E-state index contributed by atoms with van der Waals surface area (Å²) in [6.45, 7) is 3.65. The molecular formula is C16H25N3O2. The molecule has 116 valence electrons. The van der Waals surface area contributed by atoms with E-state index in [0.29, 0.717) is 18.3 Å². The summed E-state index contributed by atoms with van der Waals surface area (Å²) in [5.41, 5.74) is 6.56. The predicted molar refractivity (Wildman–Crippen MR) is 83.1 cm³/mol. The van der Waals surface area contributed by atoms with Gasteiger partial charge in [-0.25, -0.2) is 0 Å². The van der Waals surface area contributed by atoms with Gasteiger partial charge in [0.25, 0.3) is 5.91 Å². The van der Waals surface area contributed by atoms with Crippen molar-refractivity contribution in [3.05, 3.63) is 29.8 Å². The fourth-order valence-corrected chi connectivity index (χ4v) is 2.65. The second-order valence-electron chi connectivity index (χ2n) is 5.72. The van der Waals surface area contributed by atoms with E-state index in [1.54, 1.807) is 0 Å². The fraction of sp³-hybridized carbons (Fsp3) is 0.562. The van der Waals surface area contributed by atoms with Crippen LogP contribution in [0.5, 0.6) is 5.75 Å². The molecule has 2 atom stereocenters. The van der Waals surface area contributed by atoms with Crippen LogP contribution in [0.3, 0.4) is 0 Å². The molecule has 1 heterocycles. The molecule has 0 aliphatic carbocycles. The van der Waals surface area contributed by atoms with Crippen molar-refractivity contribution in [2.75, 3.05) is 20.2 Å². The molecule has 1 fully saturated rings. The molecule has 3 N–H and O–H groups in total. The Hall–Kier alpha value is -1.59. The van der Waals surface area contributed by atoms with Crippen LogP contribution in [-0.2, 0) is 11.3 Å². The zero-order valence-corrected chi connectivity index (χ0v) is 12.8. The summed E-state index contributed by atoms with van der Waals surface area (Å²) in [5, 5.41) is 3.06. The smallest absolute Gasteiger partial charge is 0.258 e. The second-order valence-corrected chi connectivity index (χ2v) is 5.72. The minimum Gasteiger partial charge on any atom is -0.483 e. The number of para-hydroxylation sites is 1. The Morgan fingerprint density at radius 1 is 1.48 bits per heavy atom. The van der Waals surface area contributed by atoms with Crippen LogP contribution in [0.2, 0.25) is 0 Å². The van der Waals surface area contributed by atoms with Crippen molar-refractivity contribution in [3.63, 3.8) is 0 Å². The molecule has 21 heavy (non-hydrogen) atoms. The molecule has 1 amide bonds. The van der Waals surface area contributed by atoms with E-state index < -0.39 is 0 Å². The molecule has 1 aliphatic heterocycles. The van der Waals surface area contributed by atoms with Crippen LogP contribution in [0.15, 0.2) is 24.3 Å². The zero-order chi connectivity index (χ0) is 15.2. The van der Waals surface area contributed by atoms with Gasteiger partial charge in [-0.2, -0.15) is 0 Å². The van der Waals surface area contributed by atoms with E-state index in [0.717, 1.165) is 24.9 Å². The Balaban J connectivity index is 1.80. The topological polar surface area (TPSA) is 67.6 Å². The van der Waals surface area contributed by atoms with E-state index >= 15 is 0 Å². The number of ether oxygens (including phenoxy) is 1. The Morgan fingerprint density at radius 3 is 2.95 bits per heavy atom. The van der Waals surface area contributed by atoms with Crippen molar-refractivity contribution in [2.45, 2.75) is 38.4 Å². The van der Waals surface area contributed by atoms with Crippen LogP contribution in [0.25, 0.3) is 0 Å². The number of carbonyl (C=O) groups is 1.